The lowest BCUT2D eigenvalue weighted by molar-refractivity contribution is -0.132. The van der Waals surface area contributed by atoms with Crippen LogP contribution in [0.25, 0.3) is 0 Å². The molecule has 1 heterocycles. The number of carbonyl (C=O) groups is 2. The lowest BCUT2D eigenvalue weighted by Gasteiger charge is -2.36. The number of amides is 2. The first-order valence-corrected chi connectivity index (χ1v) is 12.1. The topological polar surface area (TPSA) is 73.5 Å². The Kier molecular flexibility index (Phi) is 9.34. The highest BCUT2D eigenvalue weighted by Gasteiger charge is 2.33. The molecule has 3 N–H and O–H groups in total. The van der Waals surface area contributed by atoms with E-state index in [1.54, 1.807) is 7.05 Å². The molecule has 0 unspecified atom stereocenters. The Morgan fingerprint density at radius 1 is 1.03 bits per heavy atom. The van der Waals surface area contributed by atoms with E-state index in [1.807, 2.05) is 6.92 Å². The van der Waals surface area contributed by atoms with Crippen molar-refractivity contribution in [1.82, 2.24) is 20.9 Å². The highest BCUT2D eigenvalue weighted by molar-refractivity contribution is 5.90. The second kappa shape index (κ2) is 12.2. The number of hydrogen-bond acceptors (Lipinski definition) is 4. The van der Waals surface area contributed by atoms with E-state index in [9.17, 15) is 9.59 Å². The fourth-order valence-electron chi connectivity index (χ4n) is 4.87. The fraction of sp³-hybridized carbons (Fsp3) is 0.680. The van der Waals surface area contributed by atoms with Gasteiger partial charge in [-0.2, -0.15) is 0 Å². The monoisotopic (exact) mass is 428 g/mol. The van der Waals surface area contributed by atoms with Gasteiger partial charge in [0.1, 0.15) is 6.04 Å². The minimum absolute atomic E-state index is 0.00142. The van der Waals surface area contributed by atoms with Gasteiger partial charge in [-0.05, 0) is 64.1 Å². The average Bonchev–Trinajstić information content (AvgIpc) is 2.82. The molecule has 2 aliphatic rings. The van der Waals surface area contributed by atoms with Crippen LogP contribution in [0.2, 0.25) is 0 Å². The molecule has 172 valence electrons. The minimum atomic E-state index is -0.428. The summed E-state index contributed by atoms with van der Waals surface area (Å²) in [6.45, 7) is 4.81. The van der Waals surface area contributed by atoms with Crippen LogP contribution < -0.4 is 16.0 Å². The molecular weight excluding hydrogens is 388 g/mol. The highest BCUT2D eigenvalue weighted by Crippen LogP contribution is 2.27. The van der Waals surface area contributed by atoms with Gasteiger partial charge < -0.3 is 20.9 Å². The number of nitrogens with zero attached hydrogens (tertiary/aromatic N) is 1. The Morgan fingerprint density at radius 3 is 2.48 bits per heavy atom. The van der Waals surface area contributed by atoms with Crippen LogP contribution in [0.15, 0.2) is 30.3 Å². The molecule has 0 spiro atoms. The summed E-state index contributed by atoms with van der Waals surface area (Å²) >= 11 is 0. The number of nitrogens with one attached hydrogen (secondary N) is 3. The van der Waals surface area contributed by atoms with Gasteiger partial charge in [-0.25, -0.2) is 0 Å². The molecule has 1 aromatic rings. The van der Waals surface area contributed by atoms with Crippen molar-refractivity contribution in [2.75, 3.05) is 26.7 Å². The SMILES string of the molecule is CN[C@@H](C)C(=O)N[C@H](C(=O)N[C@H]1CCCN(CCc2ccccc2)C1)C1CCCCC1. The Bertz CT molecular complexity index is 690. The zero-order valence-electron chi connectivity index (χ0n) is 19.2. The molecule has 1 saturated carbocycles. The summed E-state index contributed by atoms with van der Waals surface area (Å²) in [6, 6.07) is 9.99. The zero-order valence-corrected chi connectivity index (χ0v) is 19.2. The molecule has 31 heavy (non-hydrogen) atoms. The summed E-state index contributed by atoms with van der Waals surface area (Å²) in [5, 5.41) is 9.32. The summed E-state index contributed by atoms with van der Waals surface area (Å²) in [4.78, 5) is 28.3. The molecule has 1 saturated heterocycles. The van der Waals surface area contributed by atoms with Crippen LogP contribution in [-0.2, 0) is 16.0 Å². The number of benzene rings is 1. The molecule has 6 heteroatoms. The van der Waals surface area contributed by atoms with Gasteiger partial charge >= 0.3 is 0 Å². The molecular formula is C25H40N4O2. The number of piperidine rings is 1. The molecule has 0 aromatic heterocycles. The van der Waals surface area contributed by atoms with E-state index in [-0.39, 0.29) is 29.8 Å². The van der Waals surface area contributed by atoms with Crippen molar-refractivity contribution in [2.45, 2.75) is 76.4 Å². The Hall–Kier alpha value is -1.92. The van der Waals surface area contributed by atoms with Gasteiger partial charge in [0.2, 0.25) is 11.8 Å². The van der Waals surface area contributed by atoms with Crippen molar-refractivity contribution in [3.63, 3.8) is 0 Å². The maximum atomic E-state index is 13.3. The van der Waals surface area contributed by atoms with Crippen molar-refractivity contribution in [1.29, 1.82) is 0 Å². The summed E-state index contributed by atoms with van der Waals surface area (Å²) < 4.78 is 0. The zero-order chi connectivity index (χ0) is 22.1. The van der Waals surface area contributed by atoms with Crippen LogP contribution in [0.4, 0.5) is 0 Å². The second-order valence-corrected chi connectivity index (χ2v) is 9.28. The van der Waals surface area contributed by atoms with Crippen molar-refractivity contribution >= 4 is 11.8 Å². The third-order valence-electron chi connectivity index (χ3n) is 6.94. The van der Waals surface area contributed by atoms with Gasteiger partial charge in [0.25, 0.3) is 0 Å². The van der Waals surface area contributed by atoms with Gasteiger partial charge in [0, 0.05) is 19.1 Å². The molecule has 2 fully saturated rings. The first-order chi connectivity index (χ1) is 15.1. The highest BCUT2D eigenvalue weighted by atomic mass is 16.2. The van der Waals surface area contributed by atoms with Crippen molar-refractivity contribution in [2.24, 2.45) is 5.92 Å². The number of hydrogen-bond donors (Lipinski definition) is 3. The van der Waals surface area contributed by atoms with E-state index in [4.69, 9.17) is 0 Å². The number of likely N-dealkylation sites (N-methyl/N-ethyl adjacent to an activating group) is 1. The van der Waals surface area contributed by atoms with E-state index in [2.05, 4.69) is 51.2 Å². The van der Waals surface area contributed by atoms with Gasteiger partial charge in [-0.1, -0.05) is 49.6 Å². The lowest BCUT2D eigenvalue weighted by Crippen LogP contribution is -2.58. The predicted octanol–water partition coefficient (Wildman–Crippen LogP) is 2.48. The number of likely N-dealkylation sites (tertiary alicyclic amines) is 1. The summed E-state index contributed by atoms with van der Waals surface area (Å²) in [5.74, 6) is 0.138. The molecule has 0 radical (unpaired) electrons. The molecule has 1 aliphatic carbocycles. The van der Waals surface area contributed by atoms with E-state index >= 15 is 0 Å². The fourth-order valence-corrected chi connectivity index (χ4v) is 4.87. The van der Waals surface area contributed by atoms with Gasteiger partial charge in [0.05, 0.1) is 6.04 Å². The van der Waals surface area contributed by atoms with E-state index in [0.717, 1.165) is 64.6 Å². The van der Waals surface area contributed by atoms with Gasteiger partial charge in [-0.15, -0.1) is 0 Å². The normalized spacial score (nSPS) is 22.5. The Balaban J connectivity index is 1.55. The summed E-state index contributed by atoms with van der Waals surface area (Å²) in [6.07, 6.45) is 8.67. The number of rotatable bonds is 9. The molecule has 3 rings (SSSR count). The Morgan fingerprint density at radius 2 is 1.77 bits per heavy atom. The average molecular weight is 429 g/mol. The third-order valence-corrected chi connectivity index (χ3v) is 6.94. The molecule has 1 aromatic carbocycles. The van der Waals surface area contributed by atoms with Gasteiger partial charge in [0.15, 0.2) is 0 Å². The van der Waals surface area contributed by atoms with Crippen LogP contribution in [-0.4, -0.2) is 61.5 Å². The number of carbonyl (C=O) groups excluding carboxylic acids is 2. The van der Waals surface area contributed by atoms with E-state index < -0.39 is 6.04 Å². The Labute approximate surface area is 187 Å². The maximum absolute atomic E-state index is 13.3. The largest absolute Gasteiger partial charge is 0.350 e. The molecule has 1 aliphatic heterocycles. The first kappa shape index (κ1) is 23.7. The van der Waals surface area contributed by atoms with Crippen molar-refractivity contribution in [3.05, 3.63) is 35.9 Å². The summed E-state index contributed by atoms with van der Waals surface area (Å²) in [5.41, 5.74) is 1.35. The maximum Gasteiger partial charge on any atom is 0.243 e. The standard InChI is InChI=1S/C25H40N4O2/c1-19(26-2)24(30)28-23(21-12-7-4-8-13-21)25(31)27-22-14-9-16-29(18-22)17-15-20-10-5-3-6-11-20/h3,5-6,10-11,19,21-23,26H,4,7-9,12-18H2,1-2H3,(H,27,31)(H,28,30)/t19-,22-,23-/m0/s1. The van der Waals surface area contributed by atoms with Crippen molar-refractivity contribution < 1.29 is 9.59 Å². The molecule has 0 bridgehead atoms. The van der Waals surface area contributed by atoms with E-state index in [1.165, 1.54) is 12.0 Å². The predicted molar refractivity (Wildman–Crippen MR) is 125 cm³/mol. The first-order valence-electron chi connectivity index (χ1n) is 12.1. The van der Waals surface area contributed by atoms with Crippen LogP contribution in [0, 0.1) is 5.92 Å². The quantitative estimate of drug-likeness (QED) is 0.565. The lowest BCUT2D eigenvalue weighted by atomic mass is 9.83. The van der Waals surface area contributed by atoms with Crippen LogP contribution in [0.3, 0.4) is 0 Å². The third kappa shape index (κ3) is 7.32. The molecule has 6 nitrogen and oxygen atoms in total. The summed E-state index contributed by atoms with van der Waals surface area (Å²) in [7, 11) is 1.77. The smallest absolute Gasteiger partial charge is 0.243 e. The van der Waals surface area contributed by atoms with E-state index in [0.29, 0.717) is 0 Å². The van der Waals surface area contributed by atoms with Gasteiger partial charge in [-0.3, -0.25) is 9.59 Å². The molecule has 3 atom stereocenters. The van der Waals surface area contributed by atoms with Crippen molar-refractivity contribution in [3.8, 4) is 0 Å². The molecule has 2 amide bonds. The second-order valence-electron chi connectivity index (χ2n) is 9.28. The van der Waals surface area contributed by atoms with Crippen LogP contribution in [0.5, 0.6) is 0 Å². The van der Waals surface area contributed by atoms with Crippen LogP contribution in [0.1, 0.15) is 57.4 Å². The minimum Gasteiger partial charge on any atom is -0.350 e. The van der Waals surface area contributed by atoms with Crippen LogP contribution >= 0.6 is 0 Å².